The molecule has 1 aromatic rings. The Labute approximate surface area is 94.6 Å². The van der Waals surface area contributed by atoms with Crippen molar-refractivity contribution in [2.75, 3.05) is 6.54 Å². The number of ether oxygens (including phenoxy) is 1. The van der Waals surface area contributed by atoms with E-state index in [1.165, 1.54) is 0 Å². The van der Waals surface area contributed by atoms with Crippen molar-refractivity contribution in [3.63, 3.8) is 0 Å². The molecule has 1 aliphatic heterocycles. The number of carbonyl (C=O) groups excluding carboxylic acids is 1. The third kappa shape index (κ3) is 2.01. The summed E-state index contributed by atoms with van der Waals surface area (Å²) in [6.45, 7) is 3.14. The fourth-order valence-electron chi connectivity index (χ4n) is 2.03. The fourth-order valence-corrected chi connectivity index (χ4v) is 2.03. The highest BCUT2D eigenvalue weighted by atomic mass is 16.5. The van der Waals surface area contributed by atoms with Gasteiger partial charge in [0.05, 0.1) is 6.10 Å². The molecule has 88 valence electrons. The number of rotatable bonds is 4. The molecule has 0 radical (unpaired) electrons. The van der Waals surface area contributed by atoms with E-state index >= 15 is 0 Å². The summed E-state index contributed by atoms with van der Waals surface area (Å²) in [5, 5.41) is 4.08. The number of carbonyl (C=O) groups is 1. The predicted octanol–water partition coefficient (Wildman–Crippen LogP) is 0.592. The van der Waals surface area contributed by atoms with E-state index in [1.54, 1.807) is 16.9 Å². The van der Waals surface area contributed by atoms with Gasteiger partial charge in [0.1, 0.15) is 11.8 Å². The van der Waals surface area contributed by atoms with Crippen molar-refractivity contribution in [2.24, 2.45) is 5.73 Å². The van der Waals surface area contributed by atoms with E-state index in [0.717, 1.165) is 12.8 Å². The van der Waals surface area contributed by atoms with Gasteiger partial charge in [-0.15, -0.1) is 0 Å². The first kappa shape index (κ1) is 11.3. The number of hydrogen-bond donors (Lipinski definition) is 1. The number of Topliss-reactive ketones (excluding diaryl/α,β-unsaturated/α-hetero) is 1. The van der Waals surface area contributed by atoms with Gasteiger partial charge in [-0.3, -0.25) is 9.48 Å². The molecule has 0 amide bonds. The zero-order chi connectivity index (χ0) is 11.5. The SMILES string of the molecule is CCn1nccc1C(=O)C1CCC(CN)O1. The fraction of sp³-hybridized carbons (Fsp3) is 0.636. The van der Waals surface area contributed by atoms with E-state index in [2.05, 4.69) is 5.10 Å². The van der Waals surface area contributed by atoms with Crippen molar-refractivity contribution < 1.29 is 9.53 Å². The van der Waals surface area contributed by atoms with Crippen LogP contribution < -0.4 is 5.73 Å². The third-order valence-electron chi connectivity index (χ3n) is 2.93. The number of ketones is 1. The molecule has 2 rings (SSSR count). The van der Waals surface area contributed by atoms with Crippen LogP contribution in [0.25, 0.3) is 0 Å². The van der Waals surface area contributed by atoms with E-state index in [0.29, 0.717) is 18.8 Å². The maximum atomic E-state index is 12.1. The van der Waals surface area contributed by atoms with E-state index in [1.807, 2.05) is 6.92 Å². The Balaban J connectivity index is 2.08. The van der Waals surface area contributed by atoms with Crippen LogP contribution in [0.2, 0.25) is 0 Å². The van der Waals surface area contributed by atoms with Gasteiger partial charge in [0.15, 0.2) is 0 Å². The van der Waals surface area contributed by atoms with Gasteiger partial charge in [-0.05, 0) is 25.8 Å². The molecule has 0 spiro atoms. The topological polar surface area (TPSA) is 70.1 Å². The molecule has 2 unspecified atom stereocenters. The molecule has 0 saturated carbocycles. The first-order valence-electron chi connectivity index (χ1n) is 5.67. The number of nitrogens with two attached hydrogens (primary N) is 1. The van der Waals surface area contributed by atoms with Crippen LogP contribution in [0.4, 0.5) is 0 Å². The second-order valence-electron chi connectivity index (χ2n) is 3.96. The zero-order valence-corrected chi connectivity index (χ0v) is 9.43. The van der Waals surface area contributed by atoms with E-state index in [4.69, 9.17) is 10.5 Å². The molecule has 0 aromatic carbocycles. The van der Waals surface area contributed by atoms with E-state index < -0.39 is 0 Å². The Morgan fingerprint density at radius 2 is 2.50 bits per heavy atom. The maximum Gasteiger partial charge on any atom is 0.209 e. The molecule has 0 bridgehead atoms. The summed E-state index contributed by atoms with van der Waals surface area (Å²) in [4.78, 5) is 12.1. The summed E-state index contributed by atoms with van der Waals surface area (Å²) in [7, 11) is 0. The van der Waals surface area contributed by atoms with Crippen LogP contribution >= 0.6 is 0 Å². The molecule has 5 nitrogen and oxygen atoms in total. The lowest BCUT2D eigenvalue weighted by Crippen LogP contribution is -2.26. The zero-order valence-electron chi connectivity index (χ0n) is 9.43. The molecule has 5 heteroatoms. The van der Waals surface area contributed by atoms with Crippen molar-refractivity contribution in [1.29, 1.82) is 0 Å². The molecule has 2 atom stereocenters. The van der Waals surface area contributed by atoms with Crippen molar-refractivity contribution in [3.05, 3.63) is 18.0 Å². The van der Waals surface area contributed by atoms with Gasteiger partial charge >= 0.3 is 0 Å². The molecule has 2 N–H and O–H groups in total. The van der Waals surface area contributed by atoms with Crippen molar-refractivity contribution in [3.8, 4) is 0 Å². The van der Waals surface area contributed by atoms with Crippen LogP contribution in [0.15, 0.2) is 12.3 Å². The molecule has 0 aliphatic carbocycles. The average molecular weight is 223 g/mol. The quantitative estimate of drug-likeness (QED) is 0.758. The Kier molecular flexibility index (Phi) is 3.36. The van der Waals surface area contributed by atoms with Gasteiger partial charge in [-0.2, -0.15) is 5.10 Å². The Bertz CT molecular complexity index is 375. The second-order valence-corrected chi connectivity index (χ2v) is 3.96. The Morgan fingerprint density at radius 1 is 1.69 bits per heavy atom. The minimum absolute atomic E-state index is 0.0234. The maximum absolute atomic E-state index is 12.1. The lowest BCUT2D eigenvalue weighted by molar-refractivity contribution is 0.0396. The number of aryl methyl sites for hydroxylation is 1. The van der Waals surface area contributed by atoms with Gasteiger partial charge in [-0.1, -0.05) is 0 Å². The number of hydrogen-bond acceptors (Lipinski definition) is 4. The van der Waals surface area contributed by atoms with Gasteiger partial charge in [0, 0.05) is 19.3 Å². The molecule has 1 saturated heterocycles. The molecule has 1 fully saturated rings. The van der Waals surface area contributed by atoms with Crippen LogP contribution in [0.5, 0.6) is 0 Å². The van der Waals surface area contributed by atoms with E-state index in [9.17, 15) is 4.79 Å². The molecular weight excluding hydrogens is 206 g/mol. The lowest BCUT2D eigenvalue weighted by Gasteiger charge is -2.11. The Hall–Kier alpha value is -1.20. The van der Waals surface area contributed by atoms with Crippen LogP contribution in [-0.4, -0.2) is 34.3 Å². The minimum atomic E-state index is -0.337. The molecule has 1 aromatic heterocycles. The lowest BCUT2D eigenvalue weighted by atomic mass is 10.1. The third-order valence-corrected chi connectivity index (χ3v) is 2.93. The summed E-state index contributed by atoms with van der Waals surface area (Å²) in [6.07, 6.45) is 2.97. The highest BCUT2D eigenvalue weighted by Crippen LogP contribution is 2.22. The first-order valence-corrected chi connectivity index (χ1v) is 5.67. The Morgan fingerprint density at radius 3 is 3.12 bits per heavy atom. The van der Waals surface area contributed by atoms with Gasteiger partial charge in [0.2, 0.25) is 5.78 Å². The first-order chi connectivity index (χ1) is 7.76. The number of aromatic nitrogens is 2. The molecular formula is C11H17N3O2. The molecule has 16 heavy (non-hydrogen) atoms. The monoisotopic (exact) mass is 223 g/mol. The number of nitrogens with zero attached hydrogens (tertiary/aromatic N) is 2. The smallest absolute Gasteiger partial charge is 0.209 e. The van der Waals surface area contributed by atoms with Crippen LogP contribution in [-0.2, 0) is 11.3 Å². The molecule has 2 heterocycles. The van der Waals surface area contributed by atoms with Crippen LogP contribution in [0.1, 0.15) is 30.3 Å². The summed E-state index contributed by atoms with van der Waals surface area (Å²) < 4.78 is 7.28. The van der Waals surface area contributed by atoms with Gasteiger partial charge in [-0.25, -0.2) is 0 Å². The van der Waals surface area contributed by atoms with Crippen molar-refractivity contribution in [1.82, 2.24) is 9.78 Å². The van der Waals surface area contributed by atoms with Crippen molar-refractivity contribution in [2.45, 2.75) is 38.5 Å². The van der Waals surface area contributed by atoms with Crippen LogP contribution in [0, 0.1) is 0 Å². The van der Waals surface area contributed by atoms with Crippen LogP contribution in [0.3, 0.4) is 0 Å². The largest absolute Gasteiger partial charge is 0.365 e. The highest BCUT2D eigenvalue weighted by Gasteiger charge is 2.31. The van der Waals surface area contributed by atoms with Gasteiger partial charge < -0.3 is 10.5 Å². The van der Waals surface area contributed by atoms with Crippen molar-refractivity contribution >= 4 is 5.78 Å². The second kappa shape index (κ2) is 4.76. The normalized spacial score (nSPS) is 24.9. The summed E-state index contributed by atoms with van der Waals surface area (Å²) >= 11 is 0. The summed E-state index contributed by atoms with van der Waals surface area (Å²) in [5.74, 6) is 0.0234. The molecule has 1 aliphatic rings. The average Bonchev–Trinajstić information content (AvgIpc) is 2.96. The summed E-state index contributed by atoms with van der Waals surface area (Å²) in [5.41, 5.74) is 6.15. The minimum Gasteiger partial charge on any atom is -0.365 e. The summed E-state index contributed by atoms with van der Waals surface area (Å²) in [6, 6.07) is 1.74. The predicted molar refractivity (Wildman–Crippen MR) is 59.2 cm³/mol. The van der Waals surface area contributed by atoms with Gasteiger partial charge in [0.25, 0.3) is 0 Å². The highest BCUT2D eigenvalue weighted by molar-refractivity contribution is 5.98. The van der Waals surface area contributed by atoms with E-state index in [-0.39, 0.29) is 18.0 Å². The standard InChI is InChI=1S/C11H17N3O2/c1-2-14-9(5-6-13-14)11(15)10-4-3-8(7-12)16-10/h5-6,8,10H,2-4,7,12H2,1H3.